The van der Waals surface area contributed by atoms with E-state index in [1.807, 2.05) is 28.8 Å². The third kappa shape index (κ3) is 6.28. The molecule has 9 nitrogen and oxygen atoms in total. The van der Waals surface area contributed by atoms with Crippen LogP contribution in [0.15, 0.2) is 84.1 Å². The Morgan fingerprint density at radius 3 is 2.68 bits per heavy atom. The summed E-state index contributed by atoms with van der Waals surface area (Å²) in [6.07, 6.45) is 4.20. The van der Waals surface area contributed by atoms with Gasteiger partial charge in [-0.15, -0.1) is 0 Å². The average molecular weight is 590 g/mol. The minimum Gasteiger partial charge on any atom is -0.497 e. The van der Waals surface area contributed by atoms with E-state index in [1.54, 1.807) is 50.0 Å². The molecule has 0 fully saturated rings. The molecule has 1 N–H and O–H groups in total. The number of nitriles is 1. The van der Waals surface area contributed by atoms with E-state index in [0.717, 1.165) is 22.4 Å². The Balaban J connectivity index is 1.32. The molecular formula is C30H28ClN5O4S. The Labute approximate surface area is 244 Å². The van der Waals surface area contributed by atoms with Crippen LogP contribution in [0.1, 0.15) is 27.9 Å². The molecule has 1 unspecified atom stereocenters. The zero-order chi connectivity index (χ0) is 29.0. The molecule has 2 heterocycles. The Morgan fingerprint density at radius 2 is 1.95 bits per heavy atom. The van der Waals surface area contributed by atoms with Crippen molar-refractivity contribution in [1.82, 2.24) is 19.2 Å². The van der Waals surface area contributed by atoms with Crippen LogP contribution in [0.4, 0.5) is 0 Å². The first kappa shape index (κ1) is 28.4. The van der Waals surface area contributed by atoms with Crippen molar-refractivity contribution in [3.63, 3.8) is 0 Å². The number of ether oxygens (including phenoxy) is 1. The largest absolute Gasteiger partial charge is 0.497 e. The van der Waals surface area contributed by atoms with Crippen LogP contribution >= 0.6 is 11.6 Å². The van der Waals surface area contributed by atoms with E-state index in [9.17, 15) is 13.2 Å². The molecule has 3 aromatic carbocycles. The third-order valence-electron chi connectivity index (χ3n) is 7.12. The first-order chi connectivity index (χ1) is 19.8. The molecule has 1 amide bonds. The van der Waals surface area contributed by atoms with Crippen LogP contribution in [0.3, 0.4) is 0 Å². The molecule has 0 saturated heterocycles. The molecule has 210 valence electrons. The fraction of sp³-hybridized carbons (Fsp3) is 0.233. The number of aromatic nitrogens is 2. The number of fused-ring (bicyclic) bond motifs is 1. The first-order valence-electron chi connectivity index (χ1n) is 13.0. The first-order valence-corrected chi connectivity index (χ1v) is 14.8. The Kier molecular flexibility index (Phi) is 8.40. The molecular weight excluding hydrogens is 562 g/mol. The summed E-state index contributed by atoms with van der Waals surface area (Å²) < 4.78 is 36.1. The molecule has 0 saturated carbocycles. The van der Waals surface area contributed by atoms with E-state index in [4.69, 9.17) is 21.6 Å². The summed E-state index contributed by atoms with van der Waals surface area (Å²) in [6.45, 7) is 0.898. The molecule has 4 aromatic rings. The Morgan fingerprint density at radius 1 is 1.15 bits per heavy atom. The van der Waals surface area contributed by atoms with Crippen molar-refractivity contribution in [3.8, 4) is 11.8 Å². The van der Waals surface area contributed by atoms with Gasteiger partial charge in [0.05, 0.1) is 30.0 Å². The van der Waals surface area contributed by atoms with Gasteiger partial charge in [0.2, 0.25) is 15.9 Å². The lowest BCUT2D eigenvalue weighted by Gasteiger charge is -2.35. The monoisotopic (exact) mass is 589 g/mol. The van der Waals surface area contributed by atoms with Crippen molar-refractivity contribution in [2.45, 2.75) is 36.9 Å². The van der Waals surface area contributed by atoms with Crippen LogP contribution in [0.5, 0.6) is 5.75 Å². The molecule has 5 rings (SSSR count). The number of methoxy groups -OCH3 is 1. The van der Waals surface area contributed by atoms with Gasteiger partial charge in [0.15, 0.2) is 0 Å². The number of carbonyl (C=O) groups excluding carboxylic acids is 1. The minimum absolute atomic E-state index is 0.0246. The number of benzene rings is 3. The summed E-state index contributed by atoms with van der Waals surface area (Å²) >= 11 is 6.11. The van der Waals surface area contributed by atoms with Crippen molar-refractivity contribution < 1.29 is 17.9 Å². The maximum Gasteiger partial charge on any atom is 0.244 e. The smallest absolute Gasteiger partial charge is 0.244 e. The lowest BCUT2D eigenvalue weighted by Crippen LogP contribution is -2.52. The number of amides is 1. The van der Waals surface area contributed by atoms with E-state index in [1.165, 1.54) is 16.4 Å². The molecule has 11 heteroatoms. The van der Waals surface area contributed by atoms with E-state index < -0.39 is 16.1 Å². The van der Waals surface area contributed by atoms with Gasteiger partial charge in [-0.05, 0) is 65.6 Å². The second kappa shape index (κ2) is 12.1. The predicted molar refractivity (Wildman–Crippen MR) is 154 cm³/mol. The number of hydrogen-bond donors (Lipinski definition) is 1. The van der Waals surface area contributed by atoms with Crippen molar-refractivity contribution in [1.29, 1.82) is 5.26 Å². The van der Waals surface area contributed by atoms with Gasteiger partial charge in [-0.25, -0.2) is 13.4 Å². The van der Waals surface area contributed by atoms with Gasteiger partial charge in [-0.3, -0.25) is 4.79 Å². The lowest BCUT2D eigenvalue weighted by molar-refractivity contribution is -0.125. The van der Waals surface area contributed by atoms with Crippen molar-refractivity contribution in [3.05, 3.63) is 112 Å². The fourth-order valence-corrected chi connectivity index (χ4v) is 6.78. The lowest BCUT2D eigenvalue weighted by atomic mass is 9.95. The van der Waals surface area contributed by atoms with Gasteiger partial charge in [0.25, 0.3) is 0 Å². The van der Waals surface area contributed by atoms with Gasteiger partial charge in [-0.2, -0.15) is 9.57 Å². The quantitative estimate of drug-likeness (QED) is 0.316. The van der Waals surface area contributed by atoms with E-state index in [2.05, 4.69) is 16.4 Å². The molecule has 0 spiro atoms. The highest BCUT2D eigenvalue weighted by atomic mass is 35.5. The molecule has 0 radical (unpaired) electrons. The van der Waals surface area contributed by atoms with E-state index in [-0.39, 0.29) is 23.8 Å². The molecule has 1 aromatic heterocycles. The van der Waals surface area contributed by atoms with Crippen LogP contribution in [0.2, 0.25) is 5.02 Å². The number of nitrogens with one attached hydrogen (secondary N) is 1. The van der Waals surface area contributed by atoms with Gasteiger partial charge < -0.3 is 14.6 Å². The Bertz CT molecular complexity index is 1710. The van der Waals surface area contributed by atoms with E-state index >= 15 is 0 Å². The highest BCUT2D eigenvalue weighted by molar-refractivity contribution is 7.89. The van der Waals surface area contributed by atoms with Gasteiger partial charge >= 0.3 is 0 Å². The predicted octanol–water partition coefficient (Wildman–Crippen LogP) is 3.94. The van der Waals surface area contributed by atoms with Gasteiger partial charge in [0, 0.05) is 43.0 Å². The van der Waals surface area contributed by atoms with Crippen LogP contribution in [-0.2, 0) is 40.7 Å². The molecule has 1 aliphatic heterocycles. The summed E-state index contributed by atoms with van der Waals surface area (Å²) in [5.74, 6) is 0.236. The summed E-state index contributed by atoms with van der Waals surface area (Å²) in [7, 11) is -2.49. The fourth-order valence-electron chi connectivity index (χ4n) is 4.91. The number of halogens is 1. The summed E-state index contributed by atoms with van der Waals surface area (Å²) in [5, 5.41) is 12.3. The maximum absolute atomic E-state index is 13.8. The normalized spacial score (nSPS) is 15.1. The molecule has 1 atom stereocenters. The molecule has 0 aliphatic carbocycles. The van der Waals surface area contributed by atoms with Crippen LogP contribution in [-0.4, -0.2) is 47.9 Å². The molecule has 41 heavy (non-hydrogen) atoms. The number of sulfonamides is 1. The number of hydrogen-bond acceptors (Lipinski definition) is 6. The van der Waals surface area contributed by atoms with Crippen LogP contribution in [0, 0.1) is 11.3 Å². The Hall–Kier alpha value is -4.17. The summed E-state index contributed by atoms with van der Waals surface area (Å²) in [5.41, 5.74) is 4.21. The molecule has 0 bridgehead atoms. The number of carbonyl (C=O) groups is 1. The number of rotatable bonds is 9. The third-order valence-corrected chi connectivity index (χ3v) is 9.21. The van der Waals surface area contributed by atoms with Gasteiger partial charge in [0.1, 0.15) is 11.8 Å². The number of nitrogens with zero attached hydrogens (tertiary/aromatic N) is 4. The zero-order valence-electron chi connectivity index (χ0n) is 22.3. The second-order valence-corrected chi connectivity index (χ2v) is 12.1. The number of imidazole rings is 1. The maximum atomic E-state index is 13.8. The van der Waals surface area contributed by atoms with Crippen LogP contribution < -0.4 is 10.1 Å². The highest BCUT2D eigenvalue weighted by Crippen LogP contribution is 2.32. The van der Waals surface area contributed by atoms with Crippen LogP contribution in [0.25, 0.3) is 0 Å². The zero-order valence-corrected chi connectivity index (χ0v) is 23.9. The van der Waals surface area contributed by atoms with E-state index in [0.29, 0.717) is 35.8 Å². The topological polar surface area (TPSA) is 117 Å². The standard InChI is InChI=1S/C30H28ClN5O4S/c1-40-27-10-9-23-14-29(36(19-24(23)13-27)41(38,39)28-4-2-3-25(31)15-28)30(37)34-12-11-26-17-33-20-35(26)18-22-7-5-21(16-32)6-8-22/h2-10,13,15,17,20,29H,11-12,14,18-19H2,1H3,(H,34,37). The SMILES string of the molecule is COc1ccc2c(c1)CN(S(=O)(=O)c1cccc(Cl)c1)C(C(=O)NCCc1cncn1Cc1ccc(C#N)cc1)C2. The van der Waals surface area contributed by atoms with Crippen molar-refractivity contribution in [2.24, 2.45) is 0 Å². The summed E-state index contributed by atoms with van der Waals surface area (Å²) in [6, 6.07) is 20.0. The van der Waals surface area contributed by atoms with Crippen molar-refractivity contribution in [2.75, 3.05) is 13.7 Å². The average Bonchev–Trinajstić information content (AvgIpc) is 3.42. The molecule has 1 aliphatic rings. The highest BCUT2D eigenvalue weighted by Gasteiger charge is 2.39. The minimum atomic E-state index is -4.04. The second-order valence-electron chi connectivity index (χ2n) is 9.72. The van der Waals surface area contributed by atoms with Gasteiger partial charge in [-0.1, -0.05) is 35.9 Å². The van der Waals surface area contributed by atoms with Crippen molar-refractivity contribution >= 4 is 27.5 Å². The summed E-state index contributed by atoms with van der Waals surface area (Å²) in [4.78, 5) is 17.8.